The van der Waals surface area contributed by atoms with Crippen LogP contribution in [0.15, 0.2) is 0 Å². The van der Waals surface area contributed by atoms with E-state index < -0.39 is 11.8 Å². The molecule has 0 saturated heterocycles. The third-order valence-electron chi connectivity index (χ3n) is 2.03. The maximum Gasteiger partial charge on any atom is 0.0711 e. The van der Waals surface area contributed by atoms with Crippen molar-refractivity contribution in [2.24, 2.45) is 16.9 Å². The first kappa shape index (κ1) is 10.9. The van der Waals surface area contributed by atoms with Crippen LogP contribution in [-0.2, 0) is 0 Å². The molecule has 3 heteroatoms. The Bertz CT molecular complexity index is 125. The monoisotopic (exact) mass is 160 g/mol. The highest BCUT2D eigenvalue weighted by Gasteiger charge is 2.34. The smallest absolute Gasteiger partial charge is 0.0711 e. The van der Waals surface area contributed by atoms with E-state index in [9.17, 15) is 0 Å². The minimum Gasteiger partial charge on any atom is -0.393 e. The van der Waals surface area contributed by atoms with Crippen molar-refractivity contribution in [2.45, 2.75) is 45.9 Å². The summed E-state index contributed by atoms with van der Waals surface area (Å²) in [7, 11) is 0. The molecule has 3 nitrogen and oxygen atoms in total. The predicted octanol–water partition coefficient (Wildman–Crippen LogP) is 0.417. The van der Waals surface area contributed by atoms with E-state index in [-0.39, 0.29) is 5.41 Å². The van der Waals surface area contributed by atoms with E-state index >= 15 is 0 Å². The molecule has 1 unspecified atom stereocenters. The molecule has 11 heavy (non-hydrogen) atoms. The normalized spacial score (nSPS) is 16.6. The van der Waals surface area contributed by atoms with Gasteiger partial charge < -0.3 is 16.6 Å². The Labute approximate surface area is 68.8 Å². The van der Waals surface area contributed by atoms with Crippen LogP contribution in [0.25, 0.3) is 0 Å². The lowest BCUT2D eigenvalue weighted by molar-refractivity contribution is 0.0936. The Balaban J connectivity index is 4.22. The molecule has 0 aliphatic heterocycles. The quantitative estimate of drug-likeness (QED) is 0.512. The summed E-state index contributed by atoms with van der Waals surface area (Å²) >= 11 is 0. The van der Waals surface area contributed by atoms with Crippen molar-refractivity contribution in [2.75, 3.05) is 0 Å². The number of aliphatic hydroxyl groups excluding tert-OH is 1. The van der Waals surface area contributed by atoms with Crippen LogP contribution in [0.1, 0.15) is 34.1 Å². The minimum absolute atomic E-state index is 0.177. The van der Waals surface area contributed by atoms with Crippen molar-refractivity contribution in [3.8, 4) is 0 Å². The average Bonchev–Trinajstić information content (AvgIpc) is 1.56. The van der Waals surface area contributed by atoms with Crippen LogP contribution in [0.3, 0.4) is 0 Å². The fourth-order valence-electron chi connectivity index (χ4n) is 0.795. The second kappa shape index (κ2) is 3.09. The Morgan fingerprint density at radius 1 is 1.27 bits per heavy atom. The molecule has 0 aliphatic carbocycles. The topological polar surface area (TPSA) is 72.3 Å². The van der Waals surface area contributed by atoms with Crippen LogP contribution < -0.4 is 11.5 Å². The fraction of sp³-hybridized carbons (Fsp3) is 1.00. The van der Waals surface area contributed by atoms with Crippen molar-refractivity contribution in [3.05, 3.63) is 0 Å². The number of nitrogens with two attached hydrogens (primary N) is 2. The maximum atomic E-state index is 9.09. The van der Waals surface area contributed by atoms with E-state index in [1.54, 1.807) is 6.92 Å². The summed E-state index contributed by atoms with van der Waals surface area (Å²) in [5.41, 5.74) is 10.7. The molecule has 0 heterocycles. The number of hydrogen-bond acceptors (Lipinski definition) is 3. The highest BCUT2D eigenvalue weighted by molar-refractivity contribution is 4.90. The highest BCUT2D eigenvalue weighted by Crippen LogP contribution is 2.27. The Hall–Kier alpha value is -0.120. The Kier molecular flexibility index (Phi) is 3.06. The summed E-state index contributed by atoms with van der Waals surface area (Å²) in [5, 5.41) is 9.09. The van der Waals surface area contributed by atoms with Crippen LogP contribution in [0, 0.1) is 5.41 Å². The van der Waals surface area contributed by atoms with Gasteiger partial charge in [0.2, 0.25) is 0 Å². The molecule has 0 aliphatic rings. The number of aliphatic hydroxyl groups is 1. The van der Waals surface area contributed by atoms with Crippen LogP contribution in [-0.4, -0.2) is 16.9 Å². The second-order valence-corrected chi connectivity index (χ2v) is 4.34. The minimum atomic E-state index is -0.791. The van der Waals surface area contributed by atoms with Crippen LogP contribution in [0.5, 0.6) is 0 Å². The van der Waals surface area contributed by atoms with E-state index in [2.05, 4.69) is 0 Å². The van der Waals surface area contributed by atoms with Gasteiger partial charge in [0.05, 0.1) is 11.8 Å². The van der Waals surface area contributed by atoms with E-state index in [1.165, 1.54) is 0 Å². The van der Waals surface area contributed by atoms with Gasteiger partial charge in [-0.15, -0.1) is 0 Å². The van der Waals surface area contributed by atoms with Crippen LogP contribution in [0.2, 0.25) is 0 Å². The molecule has 0 radical (unpaired) electrons. The Morgan fingerprint density at radius 3 is 1.73 bits per heavy atom. The molecule has 0 spiro atoms. The molecule has 68 valence electrons. The van der Waals surface area contributed by atoms with Gasteiger partial charge in [-0.1, -0.05) is 20.8 Å². The molecule has 0 aromatic rings. The summed E-state index contributed by atoms with van der Waals surface area (Å²) in [5.74, 6) is 0. The molecule has 1 atom stereocenters. The van der Waals surface area contributed by atoms with Crippen molar-refractivity contribution in [1.29, 1.82) is 0 Å². The molecule has 0 rings (SSSR count). The van der Waals surface area contributed by atoms with Gasteiger partial charge in [0.1, 0.15) is 0 Å². The molecule has 0 bridgehead atoms. The van der Waals surface area contributed by atoms with Crippen molar-refractivity contribution in [3.63, 3.8) is 0 Å². The van der Waals surface area contributed by atoms with Crippen molar-refractivity contribution < 1.29 is 5.11 Å². The third kappa shape index (κ3) is 3.18. The number of rotatable bonds is 2. The van der Waals surface area contributed by atoms with Gasteiger partial charge in [0, 0.05) is 6.42 Å². The molecule has 0 aromatic carbocycles. The van der Waals surface area contributed by atoms with E-state index in [1.807, 2.05) is 20.8 Å². The van der Waals surface area contributed by atoms with Gasteiger partial charge in [-0.2, -0.15) is 0 Å². The largest absolute Gasteiger partial charge is 0.393 e. The van der Waals surface area contributed by atoms with E-state index in [0.29, 0.717) is 6.42 Å². The maximum absolute atomic E-state index is 9.09. The van der Waals surface area contributed by atoms with Gasteiger partial charge in [0.15, 0.2) is 0 Å². The van der Waals surface area contributed by atoms with E-state index in [4.69, 9.17) is 16.6 Å². The van der Waals surface area contributed by atoms with Gasteiger partial charge in [0.25, 0.3) is 0 Å². The fourth-order valence-corrected chi connectivity index (χ4v) is 0.795. The first-order valence-corrected chi connectivity index (χ1v) is 3.92. The zero-order chi connectivity index (χ0) is 9.28. The van der Waals surface area contributed by atoms with Crippen molar-refractivity contribution >= 4 is 0 Å². The summed E-state index contributed by atoms with van der Waals surface area (Å²) in [4.78, 5) is 0. The third-order valence-corrected chi connectivity index (χ3v) is 2.03. The lowest BCUT2D eigenvalue weighted by atomic mass is 9.78. The molecule has 0 fully saturated rings. The SMILES string of the molecule is CC(O)CC(N)(N)C(C)(C)C. The van der Waals surface area contributed by atoms with Crippen LogP contribution >= 0.6 is 0 Å². The summed E-state index contributed by atoms with van der Waals surface area (Å²) in [6.45, 7) is 7.60. The molecule has 0 aromatic heterocycles. The molecule has 0 amide bonds. The summed E-state index contributed by atoms with van der Waals surface area (Å²) < 4.78 is 0. The van der Waals surface area contributed by atoms with Gasteiger partial charge in [-0.25, -0.2) is 0 Å². The summed E-state index contributed by atoms with van der Waals surface area (Å²) in [6, 6.07) is 0. The standard InChI is InChI=1S/C8H20N2O/c1-6(11)5-8(9,10)7(2,3)4/h6,11H,5,9-10H2,1-4H3. The summed E-state index contributed by atoms with van der Waals surface area (Å²) in [6.07, 6.45) is -0.0134. The van der Waals surface area contributed by atoms with Gasteiger partial charge in [-0.05, 0) is 12.3 Å². The molecular weight excluding hydrogens is 140 g/mol. The zero-order valence-electron chi connectivity index (χ0n) is 7.89. The van der Waals surface area contributed by atoms with Crippen molar-refractivity contribution in [1.82, 2.24) is 0 Å². The Morgan fingerprint density at radius 2 is 1.64 bits per heavy atom. The molecule has 0 saturated carbocycles. The second-order valence-electron chi connectivity index (χ2n) is 4.34. The molecular formula is C8H20N2O. The lowest BCUT2D eigenvalue weighted by Crippen LogP contribution is -2.60. The molecule has 5 N–H and O–H groups in total. The number of hydrogen-bond donors (Lipinski definition) is 3. The van der Waals surface area contributed by atoms with Crippen LogP contribution in [0.4, 0.5) is 0 Å². The first-order chi connectivity index (χ1) is 4.67. The first-order valence-electron chi connectivity index (χ1n) is 3.92. The lowest BCUT2D eigenvalue weighted by Gasteiger charge is -2.39. The zero-order valence-corrected chi connectivity index (χ0v) is 7.89. The van der Waals surface area contributed by atoms with Gasteiger partial charge >= 0.3 is 0 Å². The predicted molar refractivity (Wildman–Crippen MR) is 46.9 cm³/mol. The average molecular weight is 160 g/mol. The van der Waals surface area contributed by atoms with E-state index in [0.717, 1.165) is 0 Å². The highest BCUT2D eigenvalue weighted by atomic mass is 16.3. The van der Waals surface area contributed by atoms with Gasteiger partial charge in [-0.3, -0.25) is 0 Å².